The Morgan fingerprint density at radius 1 is 0.958 bits per heavy atom. The van der Waals surface area contributed by atoms with E-state index in [4.69, 9.17) is 18.9 Å². The maximum absolute atomic E-state index is 11.4. The predicted molar refractivity (Wildman–Crippen MR) is 82.9 cm³/mol. The lowest BCUT2D eigenvalue weighted by Gasteiger charge is -2.43. The summed E-state index contributed by atoms with van der Waals surface area (Å²) in [5.74, 6) is -2.19. The third-order valence-corrected chi connectivity index (χ3v) is 3.84. The molecule has 0 aromatic rings. The SMILES string of the molecule is CC(=O)N[C@H]1[C@@H](OC(C)=O)[C@@H](OC(C)=O)[C@@H](COC(C)=O)O[C@@H]1Br. The van der Waals surface area contributed by atoms with E-state index < -0.39 is 47.3 Å². The molecule has 1 amide bonds. The van der Waals surface area contributed by atoms with Crippen molar-refractivity contribution < 1.29 is 38.1 Å². The molecule has 1 aliphatic rings. The van der Waals surface area contributed by atoms with E-state index in [9.17, 15) is 19.2 Å². The molecule has 1 heterocycles. The molecule has 0 spiro atoms. The van der Waals surface area contributed by atoms with Crippen LogP contribution in [0.1, 0.15) is 27.7 Å². The van der Waals surface area contributed by atoms with Crippen LogP contribution < -0.4 is 5.32 Å². The Morgan fingerprint density at radius 3 is 1.96 bits per heavy atom. The van der Waals surface area contributed by atoms with E-state index in [0.717, 1.165) is 0 Å². The summed E-state index contributed by atoms with van der Waals surface area (Å²) >= 11 is 3.25. The molecule has 0 bridgehead atoms. The lowest BCUT2D eigenvalue weighted by atomic mass is 9.97. The van der Waals surface area contributed by atoms with Gasteiger partial charge in [0.2, 0.25) is 5.91 Å². The summed E-state index contributed by atoms with van der Waals surface area (Å²) in [5.41, 5.74) is 0. The van der Waals surface area contributed by atoms with Crippen LogP contribution in [0.25, 0.3) is 0 Å². The third kappa shape index (κ3) is 6.08. The highest BCUT2D eigenvalue weighted by molar-refractivity contribution is 9.09. The monoisotopic (exact) mass is 409 g/mol. The summed E-state index contributed by atoms with van der Waals surface area (Å²) in [6.45, 7) is 4.67. The van der Waals surface area contributed by atoms with Crippen molar-refractivity contribution in [3.63, 3.8) is 0 Å². The van der Waals surface area contributed by atoms with Crippen LogP contribution >= 0.6 is 15.9 Å². The topological polar surface area (TPSA) is 117 Å². The van der Waals surface area contributed by atoms with E-state index in [1.165, 1.54) is 27.7 Å². The maximum Gasteiger partial charge on any atom is 0.303 e. The molecule has 1 rings (SSSR count). The van der Waals surface area contributed by atoms with Gasteiger partial charge in [-0.3, -0.25) is 19.2 Å². The molecule has 9 nitrogen and oxygen atoms in total. The summed E-state index contributed by atoms with van der Waals surface area (Å²) in [6, 6.07) is -0.802. The quantitative estimate of drug-likeness (QED) is 0.384. The van der Waals surface area contributed by atoms with E-state index in [2.05, 4.69) is 21.2 Å². The van der Waals surface area contributed by atoms with Crippen LogP contribution in [0.4, 0.5) is 0 Å². The van der Waals surface area contributed by atoms with Crippen molar-refractivity contribution in [3.8, 4) is 0 Å². The molecule has 24 heavy (non-hydrogen) atoms. The number of rotatable bonds is 5. The van der Waals surface area contributed by atoms with Gasteiger partial charge in [-0.15, -0.1) is 0 Å². The van der Waals surface area contributed by atoms with E-state index in [-0.39, 0.29) is 12.5 Å². The Balaban J connectivity index is 3.11. The molecule has 0 aliphatic carbocycles. The zero-order chi connectivity index (χ0) is 18.4. The lowest BCUT2D eigenvalue weighted by Crippen LogP contribution is -2.64. The second-order valence-electron chi connectivity index (χ2n) is 5.20. The van der Waals surface area contributed by atoms with Crippen molar-refractivity contribution in [3.05, 3.63) is 0 Å². The van der Waals surface area contributed by atoms with E-state index >= 15 is 0 Å². The molecule has 1 N–H and O–H groups in total. The molecule has 1 fully saturated rings. The Bertz CT molecular complexity index is 511. The molecular weight excluding hydrogens is 390 g/mol. The van der Waals surface area contributed by atoms with Gasteiger partial charge in [-0.05, 0) is 0 Å². The summed E-state index contributed by atoms with van der Waals surface area (Å²) in [7, 11) is 0. The van der Waals surface area contributed by atoms with Gasteiger partial charge in [0, 0.05) is 27.7 Å². The molecule has 10 heteroatoms. The smallest absolute Gasteiger partial charge is 0.303 e. The fraction of sp³-hybridized carbons (Fsp3) is 0.714. The zero-order valence-electron chi connectivity index (χ0n) is 13.7. The van der Waals surface area contributed by atoms with Gasteiger partial charge in [0.1, 0.15) is 23.8 Å². The lowest BCUT2D eigenvalue weighted by molar-refractivity contribution is -0.211. The van der Waals surface area contributed by atoms with Crippen molar-refractivity contribution in [2.24, 2.45) is 0 Å². The van der Waals surface area contributed by atoms with E-state index in [1.54, 1.807) is 0 Å². The first-order valence-corrected chi connectivity index (χ1v) is 8.07. The average Bonchev–Trinajstić information content (AvgIpc) is 2.42. The molecule has 1 saturated heterocycles. The highest BCUT2D eigenvalue weighted by Crippen LogP contribution is 2.29. The molecule has 5 atom stereocenters. The van der Waals surface area contributed by atoms with E-state index in [1.807, 2.05) is 0 Å². The maximum atomic E-state index is 11.4. The van der Waals surface area contributed by atoms with Gasteiger partial charge in [-0.2, -0.15) is 0 Å². The standard InChI is InChI=1S/C14H20BrNO8/c1-6(17)16-11-13(23-9(4)20)12(22-8(3)19)10(24-14(11)15)5-21-7(2)18/h10-14H,5H2,1-4H3,(H,16,17)/t10-,11+,12+,13-,14+/m1/s1. The number of hydrogen-bond acceptors (Lipinski definition) is 8. The molecule has 0 radical (unpaired) electrons. The molecule has 1 aliphatic heterocycles. The first-order chi connectivity index (χ1) is 11.1. The zero-order valence-corrected chi connectivity index (χ0v) is 15.3. The summed E-state index contributed by atoms with van der Waals surface area (Å²) in [6.07, 6.45) is -2.96. The van der Waals surface area contributed by atoms with Crippen molar-refractivity contribution in [2.45, 2.75) is 57.1 Å². The molecule has 136 valence electrons. The summed E-state index contributed by atoms with van der Waals surface area (Å²) in [5, 5.41) is 1.84. The van der Waals surface area contributed by atoms with Crippen molar-refractivity contribution in [2.75, 3.05) is 6.61 Å². The highest BCUT2D eigenvalue weighted by atomic mass is 79.9. The van der Waals surface area contributed by atoms with Crippen LogP contribution in [-0.2, 0) is 38.1 Å². The van der Waals surface area contributed by atoms with Gasteiger partial charge < -0.3 is 24.3 Å². The predicted octanol–water partition coefficient (Wildman–Crippen LogP) is 0.0374. The van der Waals surface area contributed by atoms with Gasteiger partial charge in [0.05, 0.1) is 0 Å². The van der Waals surface area contributed by atoms with Crippen LogP contribution in [0.15, 0.2) is 0 Å². The summed E-state index contributed by atoms with van der Waals surface area (Å²) < 4.78 is 21.0. The normalized spacial score (nSPS) is 29.3. The van der Waals surface area contributed by atoms with Crippen LogP contribution in [-0.4, -0.2) is 59.8 Å². The van der Waals surface area contributed by atoms with Gasteiger partial charge in [0.25, 0.3) is 0 Å². The number of amides is 1. The van der Waals surface area contributed by atoms with Crippen molar-refractivity contribution in [1.29, 1.82) is 0 Å². The average molecular weight is 410 g/mol. The number of ether oxygens (including phenoxy) is 4. The Morgan fingerprint density at radius 2 is 1.50 bits per heavy atom. The van der Waals surface area contributed by atoms with Crippen LogP contribution in [0.3, 0.4) is 0 Å². The number of esters is 3. The first-order valence-electron chi connectivity index (χ1n) is 7.16. The van der Waals surface area contributed by atoms with Crippen LogP contribution in [0.5, 0.6) is 0 Å². The molecule has 0 aromatic carbocycles. The Kier molecular flexibility index (Phi) is 7.61. The van der Waals surface area contributed by atoms with Gasteiger partial charge in [-0.1, -0.05) is 15.9 Å². The Labute approximate surface area is 147 Å². The second-order valence-corrected chi connectivity index (χ2v) is 6.11. The molecular formula is C14H20BrNO8. The summed E-state index contributed by atoms with van der Waals surface area (Å²) in [4.78, 5) is 45.3. The fourth-order valence-corrected chi connectivity index (χ4v) is 2.99. The van der Waals surface area contributed by atoms with Gasteiger partial charge in [0.15, 0.2) is 12.2 Å². The van der Waals surface area contributed by atoms with E-state index in [0.29, 0.717) is 0 Å². The number of halogens is 1. The number of carbonyl (C=O) groups excluding carboxylic acids is 4. The van der Waals surface area contributed by atoms with Crippen molar-refractivity contribution >= 4 is 39.7 Å². The van der Waals surface area contributed by atoms with Gasteiger partial charge in [-0.25, -0.2) is 0 Å². The van der Waals surface area contributed by atoms with Gasteiger partial charge >= 0.3 is 17.9 Å². The van der Waals surface area contributed by atoms with Crippen LogP contribution in [0.2, 0.25) is 0 Å². The minimum Gasteiger partial charge on any atom is -0.463 e. The first kappa shape index (κ1) is 20.4. The largest absolute Gasteiger partial charge is 0.463 e. The van der Waals surface area contributed by atoms with Crippen molar-refractivity contribution in [1.82, 2.24) is 5.32 Å². The number of carbonyl (C=O) groups is 4. The number of alkyl halides is 1. The molecule has 0 aromatic heterocycles. The number of hydrogen-bond donors (Lipinski definition) is 1. The Hall–Kier alpha value is -1.68. The molecule has 0 saturated carbocycles. The highest BCUT2D eigenvalue weighted by Gasteiger charge is 2.49. The van der Waals surface area contributed by atoms with Crippen LogP contribution in [0, 0.1) is 0 Å². The third-order valence-electron chi connectivity index (χ3n) is 3.06. The fourth-order valence-electron chi connectivity index (χ4n) is 2.28. The molecule has 0 unspecified atom stereocenters. The number of nitrogens with one attached hydrogen (secondary N) is 1. The minimum absolute atomic E-state index is 0.208. The second kappa shape index (κ2) is 8.97. The minimum atomic E-state index is -1.06.